The molecule has 0 aliphatic heterocycles. The van der Waals surface area contributed by atoms with E-state index in [1.165, 1.54) is 12.1 Å². The highest BCUT2D eigenvalue weighted by atomic mass is 16.4. The second kappa shape index (κ2) is 7.53. The Bertz CT molecular complexity index is 444. The maximum atomic E-state index is 11.8. The lowest BCUT2D eigenvalue weighted by Gasteiger charge is -2.09. The Balaban J connectivity index is 2.41. The van der Waals surface area contributed by atoms with Crippen LogP contribution in [-0.4, -0.2) is 49.1 Å². The van der Waals surface area contributed by atoms with Crippen molar-refractivity contribution in [2.45, 2.75) is 12.8 Å². The van der Waals surface area contributed by atoms with E-state index in [1.54, 1.807) is 12.1 Å². The number of rotatable bonds is 7. The van der Waals surface area contributed by atoms with Crippen molar-refractivity contribution >= 4 is 11.9 Å². The number of carboxylic acid groups (broad SMARTS) is 1. The first-order valence-electron chi connectivity index (χ1n) is 6.27. The van der Waals surface area contributed by atoms with Gasteiger partial charge < -0.3 is 15.3 Å². The molecule has 1 aromatic carbocycles. The molecular formula is C14H20N2O3. The third-order valence-electron chi connectivity index (χ3n) is 2.69. The molecule has 2 N–H and O–H groups in total. The fourth-order valence-corrected chi connectivity index (χ4v) is 1.65. The van der Waals surface area contributed by atoms with Gasteiger partial charge in [-0.05, 0) is 51.7 Å². The molecule has 0 fully saturated rings. The molecule has 0 bridgehead atoms. The molecule has 19 heavy (non-hydrogen) atoms. The van der Waals surface area contributed by atoms with E-state index >= 15 is 0 Å². The number of nitrogens with one attached hydrogen (secondary N) is 1. The van der Waals surface area contributed by atoms with E-state index in [9.17, 15) is 9.59 Å². The number of hydrogen-bond donors (Lipinski definition) is 2. The van der Waals surface area contributed by atoms with Crippen LogP contribution in [-0.2, 0) is 0 Å². The second-order valence-corrected chi connectivity index (χ2v) is 4.65. The van der Waals surface area contributed by atoms with Gasteiger partial charge in [-0.25, -0.2) is 4.79 Å². The Labute approximate surface area is 113 Å². The summed E-state index contributed by atoms with van der Waals surface area (Å²) < 4.78 is 0. The van der Waals surface area contributed by atoms with E-state index in [4.69, 9.17) is 5.11 Å². The van der Waals surface area contributed by atoms with Gasteiger partial charge in [0.15, 0.2) is 0 Å². The summed E-state index contributed by atoms with van der Waals surface area (Å²) in [7, 11) is 4.02. The van der Waals surface area contributed by atoms with Gasteiger partial charge in [-0.2, -0.15) is 0 Å². The van der Waals surface area contributed by atoms with Crippen molar-refractivity contribution in [1.82, 2.24) is 10.2 Å². The van der Waals surface area contributed by atoms with Gasteiger partial charge in [0.05, 0.1) is 5.56 Å². The van der Waals surface area contributed by atoms with Gasteiger partial charge in [0.2, 0.25) is 0 Å². The zero-order chi connectivity index (χ0) is 14.3. The first-order valence-corrected chi connectivity index (χ1v) is 6.27. The number of unbranched alkanes of at least 4 members (excludes halogenated alkanes) is 1. The fourth-order valence-electron chi connectivity index (χ4n) is 1.65. The molecule has 5 nitrogen and oxygen atoms in total. The Morgan fingerprint density at radius 1 is 1.21 bits per heavy atom. The van der Waals surface area contributed by atoms with Gasteiger partial charge in [0, 0.05) is 12.1 Å². The van der Waals surface area contributed by atoms with Gasteiger partial charge >= 0.3 is 5.97 Å². The van der Waals surface area contributed by atoms with E-state index in [0.717, 1.165) is 19.4 Å². The summed E-state index contributed by atoms with van der Waals surface area (Å²) in [5.41, 5.74) is 0.507. The molecule has 0 radical (unpaired) electrons. The minimum absolute atomic E-state index is 0.125. The Morgan fingerprint density at radius 2 is 1.89 bits per heavy atom. The molecule has 0 spiro atoms. The van der Waals surface area contributed by atoms with Gasteiger partial charge in [0.1, 0.15) is 0 Å². The lowest BCUT2D eigenvalue weighted by Crippen LogP contribution is -2.25. The number of benzene rings is 1. The second-order valence-electron chi connectivity index (χ2n) is 4.65. The number of carbonyl (C=O) groups is 2. The standard InChI is InChI=1S/C14H20N2O3/c1-16(2)9-4-3-8-15-13(17)11-6-5-7-12(10-11)14(18)19/h5-7,10H,3-4,8-9H2,1-2H3,(H,15,17)(H,18,19). The molecule has 0 aromatic heterocycles. The monoisotopic (exact) mass is 264 g/mol. The lowest BCUT2D eigenvalue weighted by molar-refractivity contribution is 0.0697. The van der Waals surface area contributed by atoms with Crippen molar-refractivity contribution in [3.63, 3.8) is 0 Å². The van der Waals surface area contributed by atoms with Gasteiger partial charge in [-0.15, -0.1) is 0 Å². The normalized spacial score (nSPS) is 10.5. The third kappa shape index (κ3) is 5.52. The number of aromatic carboxylic acids is 1. The number of carboxylic acids is 1. The van der Waals surface area contributed by atoms with Crippen molar-refractivity contribution in [2.24, 2.45) is 0 Å². The molecule has 1 aromatic rings. The first-order chi connectivity index (χ1) is 9.00. The van der Waals surface area contributed by atoms with E-state index < -0.39 is 5.97 Å². The van der Waals surface area contributed by atoms with Crippen molar-refractivity contribution in [3.05, 3.63) is 35.4 Å². The summed E-state index contributed by atoms with van der Waals surface area (Å²) in [6.07, 6.45) is 1.92. The van der Waals surface area contributed by atoms with Crippen molar-refractivity contribution in [1.29, 1.82) is 0 Å². The third-order valence-corrected chi connectivity index (χ3v) is 2.69. The number of amides is 1. The summed E-state index contributed by atoms with van der Waals surface area (Å²) in [6.45, 7) is 1.59. The van der Waals surface area contributed by atoms with Crippen LogP contribution in [0.3, 0.4) is 0 Å². The van der Waals surface area contributed by atoms with E-state index in [0.29, 0.717) is 12.1 Å². The molecule has 0 saturated carbocycles. The smallest absolute Gasteiger partial charge is 0.335 e. The van der Waals surface area contributed by atoms with E-state index in [2.05, 4.69) is 10.2 Å². The number of hydrogen-bond acceptors (Lipinski definition) is 3. The molecule has 1 amide bonds. The highest BCUT2D eigenvalue weighted by molar-refractivity contribution is 5.97. The summed E-state index contributed by atoms with van der Waals surface area (Å²) >= 11 is 0. The average Bonchev–Trinajstić information content (AvgIpc) is 2.37. The van der Waals surface area contributed by atoms with Crippen LogP contribution in [0.1, 0.15) is 33.6 Å². The van der Waals surface area contributed by atoms with E-state index in [-0.39, 0.29) is 11.5 Å². The highest BCUT2D eigenvalue weighted by Crippen LogP contribution is 2.05. The summed E-state index contributed by atoms with van der Waals surface area (Å²) in [6, 6.07) is 6.04. The highest BCUT2D eigenvalue weighted by Gasteiger charge is 2.08. The maximum absolute atomic E-state index is 11.8. The molecule has 0 aliphatic rings. The van der Waals surface area contributed by atoms with Crippen LogP contribution >= 0.6 is 0 Å². The molecule has 0 unspecified atom stereocenters. The van der Waals surface area contributed by atoms with Crippen LogP contribution in [0.25, 0.3) is 0 Å². The quantitative estimate of drug-likeness (QED) is 0.731. The number of carbonyl (C=O) groups excluding carboxylic acids is 1. The van der Waals surface area contributed by atoms with Gasteiger partial charge in [0.25, 0.3) is 5.91 Å². The lowest BCUT2D eigenvalue weighted by atomic mass is 10.1. The molecular weight excluding hydrogens is 244 g/mol. The zero-order valence-electron chi connectivity index (χ0n) is 11.3. The van der Waals surface area contributed by atoms with Crippen molar-refractivity contribution < 1.29 is 14.7 Å². The SMILES string of the molecule is CN(C)CCCCNC(=O)c1cccc(C(=O)O)c1. The minimum atomic E-state index is -1.03. The predicted octanol–water partition coefficient (Wildman–Crippen LogP) is 1.46. The molecule has 0 heterocycles. The Morgan fingerprint density at radius 3 is 2.53 bits per heavy atom. The van der Waals surface area contributed by atoms with Gasteiger partial charge in [-0.3, -0.25) is 4.79 Å². The number of nitrogens with zero attached hydrogens (tertiary/aromatic N) is 1. The van der Waals surface area contributed by atoms with Gasteiger partial charge in [-0.1, -0.05) is 6.07 Å². The van der Waals surface area contributed by atoms with Crippen molar-refractivity contribution in [3.8, 4) is 0 Å². The molecule has 0 saturated heterocycles. The van der Waals surface area contributed by atoms with Crippen LogP contribution in [0.4, 0.5) is 0 Å². The summed E-state index contributed by atoms with van der Waals surface area (Å²) in [5, 5.41) is 11.6. The van der Waals surface area contributed by atoms with Crippen LogP contribution in [0.2, 0.25) is 0 Å². The summed E-state index contributed by atoms with van der Waals surface area (Å²) in [4.78, 5) is 24.7. The molecule has 1 rings (SSSR count). The van der Waals surface area contributed by atoms with Crippen LogP contribution in [0, 0.1) is 0 Å². The molecule has 104 valence electrons. The van der Waals surface area contributed by atoms with Crippen LogP contribution in [0.15, 0.2) is 24.3 Å². The summed E-state index contributed by atoms with van der Waals surface area (Å²) in [5.74, 6) is -1.26. The fraction of sp³-hybridized carbons (Fsp3) is 0.429. The van der Waals surface area contributed by atoms with E-state index in [1.807, 2.05) is 14.1 Å². The largest absolute Gasteiger partial charge is 0.478 e. The maximum Gasteiger partial charge on any atom is 0.335 e. The van der Waals surface area contributed by atoms with Crippen LogP contribution < -0.4 is 5.32 Å². The Kier molecular flexibility index (Phi) is 6.02. The molecule has 5 heteroatoms. The molecule has 0 aliphatic carbocycles. The predicted molar refractivity (Wildman–Crippen MR) is 73.5 cm³/mol. The topological polar surface area (TPSA) is 69.6 Å². The van der Waals surface area contributed by atoms with Crippen LogP contribution in [0.5, 0.6) is 0 Å². The Hall–Kier alpha value is -1.88. The average molecular weight is 264 g/mol. The first kappa shape index (κ1) is 15.2. The minimum Gasteiger partial charge on any atom is -0.478 e. The zero-order valence-corrected chi connectivity index (χ0v) is 11.3. The van der Waals surface area contributed by atoms with Crippen molar-refractivity contribution in [2.75, 3.05) is 27.2 Å². The molecule has 0 atom stereocenters.